The van der Waals surface area contributed by atoms with Gasteiger partial charge in [0, 0.05) is 24.2 Å². The fourth-order valence-corrected chi connectivity index (χ4v) is 4.24. The maximum atomic E-state index is 6.23. The summed E-state index contributed by atoms with van der Waals surface area (Å²) in [5.74, 6) is 0.772. The number of hydrogen-bond donors (Lipinski definition) is 1. The zero-order chi connectivity index (χ0) is 14.1. The normalized spacial score (nSPS) is 28.1. The minimum Gasteiger partial charge on any atom is -0.329 e. The van der Waals surface area contributed by atoms with Gasteiger partial charge in [-0.1, -0.05) is 13.8 Å². The highest BCUT2D eigenvalue weighted by molar-refractivity contribution is 5.04. The van der Waals surface area contributed by atoms with Crippen LogP contribution >= 0.6 is 0 Å². The van der Waals surface area contributed by atoms with Crippen molar-refractivity contribution in [3.63, 3.8) is 0 Å². The maximum absolute atomic E-state index is 6.23. The number of piperidine rings is 1. The smallest absolute Gasteiger partial charge is 0.0361 e. The van der Waals surface area contributed by atoms with Crippen LogP contribution in [0, 0.1) is 5.92 Å². The molecule has 2 rings (SSSR count). The van der Waals surface area contributed by atoms with E-state index in [1.165, 1.54) is 51.9 Å². The van der Waals surface area contributed by atoms with Crippen LogP contribution in [0.4, 0.5) is 0 Å². The van der Waals surface area contributed by atoms with E-state index in [9.17, 15) is 0 Å². The van der Waals surface area contributed by atoms with Crippen molar-refractivity contribution in [1.29, 1.82) is 0 Å². The molecule has 2 saturated heterocycles. The molecule has 0 saturated carbocycles. The SMILES string of the molecule is CC(C)CN1CCC(CN)(N2CCCC2(C)C)CC1. The Morgan fingerprint density at radius 2 is 1.68 bits per heavy atom. The fourth-order valence-electron chi connectivity index (χ4n) is 4.24. The van der Waals surface area contributed by atoms with E-state index >= 15 is 0 Å². The van der Waals surface area contributed by atoms with Crippen LogP contribution < -0.4 is 5.73 Å². The average Bonchev–Trinajstić information content (AvgIpc) is 2.70. The van der Waals surface area contributed by atoms with Crippen LogP contribution in [-0.2, 0) is 0 Å². The van der Waals surface area contributed by atoms with Crippen molar-refractivity contribution < 1.29 is 0 Å². The molecule has 0 atom stereocenters. The summed E-state index contributed by atoms with van der Waals surface area (Å²) in [6, 6.07) is 0. The van der Waals surface area contributed by atoms with Crippen LogP contribution in [0.25, 0.3) is 0 Å². The summed E-state index contributed by atoms with van der Waals surface area (Å²) >= 11 is 0. The van der Waals surface area contributed by atoms with Crippen molar-refractivity contribution in [3.05, 3.63) is 0 Å². The van der Waals surface area contributed by atoms with Gasteiger partial charge in [0.05, 0.1) is 0 Å². The molecule has 3 nitrogen and oxygen atoms in total. The van der Waals surface area contributed by atoms with E-state index in [0.717, 1.165) is 12.5 Å². The molecule has 2 N–H and O–H groups in total. The van der Waals surface area contributed by atoms with Crippen molar-refractivity contribution in [2.45, 2.75) is 64.5 Å². The molecule has 0 unspecified atom stereocenters. The Hall–Kier alpha value is -0.120. The zero-order valence-corrected chi connectivity index (χ0v) is 13.4. The minimum atomic E-state index is 0.271. The molecule has 0 aromatic carbocycles. The van der Waals surface area contributed by atoms with E-state index in [1.807, 2.05) is 0 Å². The first-order valence-corrected chi connectivity index (χ1v) is 8.10. The van der Waals surface area contributed by atoms with Gasteiger partial charge in [0.25, 0.3) is 0 Å². The van der Waals surface area contributed by atoms with Gasteiger partial charge in [-0.15, -0.1) is 0 Å². The molecule has 0 aromatic heterocycles. The van der Waals surface area contributed by atoms with Crippen LogP contribution in [0.1, 0.15) is 53.4 Å². The lowest BCUT2D eigenvalue weighted by Crippen LogP contribution is -2.63. The molecule has 0 bridgehead atoms. The predicted molar refractivity (Wildman–Crippen MR) is 82.3 cm³/mol. The van der Waals surface area contributed by atoms with Gasteiger partial charge in [0.1, 0.15) is 0 Å². The molecule has 2 fully saturated rings. The van der Waals surface area contributed by atoms with Crippen molar-refractivity contribution in [3.8, 4) is 0 Å². The molecule has 2 heterocycles. The molecular weight excluding hydrogens is 234 g/mol. The summed E-state index contributed by atoms with van der Waals surface area (Å²) < 4.78 is 0. The first-order chi connectivity index (χ1) is 8.89. The Labute approximate surface area is 119 Å². The lowest BCUT2D eigenvalue weighted by atomic mass is 9.82. The topological polar surface area (TPSA) is 32.5 Å². The van der Waals surface area contributed by atoms with Gasteiger partial charge in [-0.05, 0) is 65.1 Å². The first kappa shape index (κ1) is 15.3. The molecule has 0 spiro atoms. The van der Waals surface area contributed by atoms with E-state index in [2.05, 4.69) is 37.5 Å². The number of nitrogens with two attached hydrogens (primary N) is 1. The molecule has 0 radical (unpaired) electrons. The highest BCUT2D eigenvalue weighted by Gasteiger charge is 2.46. The van der Waals surface area contributed by atoms with E-state index in [1.54, 1.807) is 0 Å². The van der Waals surface area contributed by atoms with Crippen molar-refractivity contribution in [2.24, 2.45) is 11.7 Å². The summed E-state index contributed by atoms with van der Waals surface area (Å²) in [5.41, 5.74) is 6.84. The molecule has 0 amide bonds. The summed E-state index contributed by atoms with van der Waals surface area (Å²) in [6.45, 7) is 15.2. The van der Waals surface area contributed by atoms with Crippen LogP contribution in [-0.4, -0.2) is 53.6 Å². The summed E-state index contributed by atoms with van der Waals surface area (Å²) in [7, 11) is 0. The Balaban J connectivity index is 2.02. The third-order valence-corrected chi connectivity index (χ3v) is 5.26. The van der Waals surface area contributed by atoms with Gasteiger partial charge in [0.15, 0.2) is 0 Å². The summed E-state index contributed by atoms with van der Waals surface area (Å²) in [6.07, 6.45) is 5.16. The maximum Gasteiger partial charge on any atom is 0.0361 e. The monoisotopic (exact) mass is 267 g/mol. The number of hydrogen-bond acceptors (Lipinski definition) is 3. The predicted octanol–water partition coefficient (Wildman–Crippen LogP) is 2.31. The number of rotatable bonds is 4. The third-order valence-electron chi connectivity index (χ3n) is 5.26. The quantitative estimate of drug-likeness (QED) is 0.848. The van der Waals surface area contributed by atoms with Crippen molar-refractivity contribution in [2.75, 3.05) is 32.7 Å². The first-order valence-electron chi connectivity index (χ1n) is 8.10. The van der Waals surface area contributed by atoms with Crippen molar-refractivity contribution >= 4 is 0 Å². The number of nitrogens with zero attached hydrogens (tertiary/aromatic N) is 2. The fraction of sp³-hybridized carbons (Fsp3) is 1.00. The lowest BCUT2D eigenvalue weighted by molar-refractivity contribution is -0.0139. The highest BCUT2D eigenvalue weighted by atomic mass is 15.3. The third kappa shape index (κ3) is 3.14. The Bertz CT molecular complexity index is 290. The van der Waals surface area contributed by atoms with E-state index in [-0.39, 0.29) is 5.54 Å². The van der Waals surface area contributed by atoms with E-state index in [0.29, 0.717) is 5.54 Å². The van der Waals surface area contributed by atoms with Gasteiger partial charge in [-0.3, -0.25) is 4.90 Å². The zero-order valence-electron chi connectivity index (χ0n) is 13.4. The second-order valence-corrected chi connectivity index (χ2v) is 7.69. The molecular formula is C16H33N3. The Morgan fingerprint density at radius 1 is 1.05 bits per heavy atom. The molecule has 3 heteroatoms. The number of likely N-dealkylation sites (tertiary alicyclic amines) is 2. The second kappa shape index (κ2) is 5.71. The standard InChI is InChI=1S/C16H33N3/c1-14(2)12-18-10-7-16(13-17,8-11-18)19-9-5-6-15(19,3)4/h14H,5-13,17H2,1-4H3. The van der Waals surface area contributed by atoms with Gasteiger partial charge >= 0.3 is 0 Å². The van der Waals surface area contributed by atoms with Gasteiger partial charge in [0.2, 0.25) is 0 Å². The van der Waals surface area contributed by atoms with Crippen LogP contribution in [0.2, 0.25) is 0 Å². The van der Waals surface area contributed by atoms with E-state index < -0.39 is 0 Å². The molecule has 19 heavy (non-hydrogen) atoms. The Morgan fingerprint density at radius 3 is 2.11 bits per heavy atom. The van der Waals surface area contributed by atoms with Crippen LogP contribution in [0.3, 0.4) is 0 Å². The molecule has 2 aliphatic rings. The average molecular weight is 267 g/mol. The van der Waals surface area contributed by atoms with Gasteiger partial charge in [-0.2, -0.15) is 0 Å². The summed E-state index contributed by atoms with van der Waals surface area (Å²) in [4.78, 5) is 5.37. The Kier molecular flexibility index (Phi) is 4.59. The largest absolute Gasteiger partial charge is 0.329 e. The second-order valence-electron chi connectivity index (χ2n) is 7.69. The molecule has 0 aliphatic carbocycles. The van der Waals surface area contributed by atoms with Gasteiger partial charge in [-0.25, -0.2) is 0 Å². The molecule has 2 aliphatic heterocycles. The molecule has 112 valence electrons. The van der Waals surface area contributed by atoms with Crippen molar-refractivity contribution in [1.82, 2.24) is 9.80 Å². The van der Waals surface area contributed by atoms with Crippen LogP contribution in [0.5, 0.6) is 0 Å². The summed E-state index contributed by atoms with van der Waals surface area (Å²) in [5, 5.41) is 0. The van der Waals surface area contributed by atoms with Crippen LogP contribution in [0.15, 0.2) is 0 Å². The van der Waals surface area contributed by atoms with E-state index in [4.69, 9.17) is 5.73 Å². The lowest BCUT2D eigenvalue weighted by Gasteiger charge is -2.52. The minimum absolute atomic E-state index is 0.271. The highest BCUT2D eigenvalue weighted by Crippen LogP contribution is 2.39. The molecule has 0 aromatic rings. The van der Waals surface area contributed by atoms with Gasteiger partial charge < -0.3 is 10.6 Å².